The molecule has 1 unspecified atom stereocenters. The highest BCUT2D eigenvalue weighted by Gasteiger charge is 2.32. The molecular weight excluding hydrogens is 234 g/mol. The van der Waals surface area contributed by atoms with Crippen molar-refractivity contribution < 1.29 is 4.84 Å². The van der Waals surface area contributed by atoms with Gasteiger partial charge in [-0.3, -0.25) is 4.84 Å². The molecule has 0 aromatic heterocycles. The molecule has 100 valence electrons. The minimum absolute atomic E-state index is 0.0688. The molecule has 0 saturated carbocycles. The van der Waals surface area contributed by atoms with Crippen molar-refractivity contribution in [3.8, 4) is 0 Å². The molecular formula is C17H21NO. The molecule has 1 aliphatic heterocycles. The quantitative estimate of drug-likeness (QED) is 0.752. The maximum Gasteiger partial charge on any atom is 0.106 e. The van der Waals surface area contributed by atoms with Crippen molar-refractivity contribution in [2.75, 3.05) is 6.54 Å². The molecule has 1 atom stereocenters. The van der Waals surface area contributed by atoms with Crippen molar-refractivity contribution in [3.63, 3.8) is 0 Å². The summed E-state index contributed by atoms with van der Waals surface area (Å²) in [6.07, 6.45) is 1.25. The zero-order valence-corrected chi connectivity index (χ0v) is 11.9. The van der Waals surface area contributed by atoms with Crippen LogP contribution in [0.25, 0.3) is 10.8 Å². The van der Waals surface area contributed by atoms with E-state index in [0.29, 0.717) is 0 Å². The zero-order chi connectivity index (χ0) is 13.5. The average molecular weight is 255 g/mol. The summed E-state index contributed by atoms with van der Waals surface area (Å²) in [6, 6.07) is 15.0. The molecule has 2 aromatic carbocycles. The first-order valence-corrected chi connectivity index (χ1v) is 6.98. The lowest BCUT2D eigenvalue weighted by Crippen LogP contribution is -2.38. The van der Waals surface area contributed by atoms with Crippen LogP contribution in [-0.2, 0) is 4.84 Å². The van der Waals surface area contributed by atoms with E-state index in [1.165, 1.54) is 16.3 Å². The predicted molar refractivity (Wildman–Crippen MR) is 78.9 cm³/mol. The largest absolute Gasteiger partial charge is 0.290 e. The third-order valence-electron chi connectivity index (χ3n) is 3.77. The fourth-order valence-corrected chi connectivity index (χ4v) is 2.73. The summed E-state index contributed by atoms with van der Waals surface area (Å²) < 4.78 is 0. The van der Waals surface area contributed by atoms with Crippen molar-refractivity contribution >= 4 is 10.8 Å². The van der Waals surface area contributed by atoms with Crippen LogP contribution in [0.2, 0.25) is 0 Å². The molecule has 2 heteroatoms. The average Bonchev–Trinajstić information content (AvgIpc) is 2.87. The standard InChI is InChI=1S/C17H21NO/c1-17(2,3)18-12-11-16(19-18)15-10-6-8-13-7-4-5-9-14(13)15/h4-10,16H,11-12H2,1-3H3. The minimum atomic E-state index is 0.0688. The van der Waals surface area contributed by atoms with Crippen molar-refractivity contribution in [1.29, 1.82) is 0 Å². The van der Waals surface area contributed by atoms with Gasteiger partial charge in [0.05, 0.1) is 0 Å². The molecule has 1 fully saturated rings. The summed E-state index contributed by atoms with van der Waals surface area (Å²) in [4.78, 5) is 6.15. The second-order valence-electron chi connectivity index (χ2n) is 6.22. The maximum absolute atomic E-state index is 6.15. The van der Waals surface area contributed by atoms with Gasteiger partial charge in [0.25, 0.3) is 0 Å². The lowest BCUT2D eigenvalue weighted by atomic mass is 9.99. The van der Waals surface area contributed by atoms with Crippen LogP contribution in [0.4, 0.5) is 0 Å². The second kappa shape index (κ2) is 4.62. The van der Waals surface area contributed by atoms with E-state index >= 15 is 0 Å². The van der Waals surface area contributed by atoms with Gasteiger partial charge in [0.2, 0.25) is 0 Å². The molecule has 2 aromatic rings. The lowest BCUT2D eigenvalue weighted by molar-refractivity contribution is -0.196. The van der Waals surface area contributed by atoms with Gasteiger partial charge in [0.1, 0.15) is 6.10 Å². The Morgan fingerprint density at radius 2 is 1.79 bits per heavy atom. The van der Waals surface area contributed by atoms with Crippen LogP contribution in [0.5, 0.6) is 0 Å². The van der Waals surface area contributed by atoms with Crippen molar-refractivity contribution in [2.45, 2.75) is 38.8 Å². The Labute approximate surface area is 114 Å². The topological polar surface area (TPSA) is 12.5 Å². The van der Waals surface area contributed by atoms with Crippen LogP contribution in [0.3, 0.4) is 0 Å². The predicted octanol–water partition coefficient (Wildman–Crippen LogP) is 4.32. The molecule has 19 heavy (non-hydrogen) atoms. The van der Waals surface area contributed by atoms with Gasteiger partial charge in [0.15, 0.2) is 0 Å². The van der Waals surface area contributed by atoms with Gasteiger partial charge in [-0.15, -0.1) is 0 Å². The van der Waals surface area contributed by atoms with Gasteiger partial charge in [-0.2, -0.15) is 5.06 Å². The normalized spacial score (nSPS) is 21.1. The Kier molecular flexibility index (Phi) is 3.08. The molecule has 1 heterocycles. The Balaban J connectivity index is 1.94. The lowest BCUT2D eigenvalue weighted by Gasteiger charge is -2.30. The summed E-state index contributed by atoms with van der Waals surface area (Å²) in [5.41, 5.74) is 1.38. The number of hydroxylamine groups is 2. The van der Waals surface area contributed by atoms with Crippen LogP contribution in [0.1, 0.15) is 38.9 Å². The first-order valence-electron chi connectivity index (χ1n) is 6.98. The van der Waals surface area contributed by atoms with E-state index in [1.54, 1.807) is 0 Å². The van der Waals surface area contributed by atoms with Crippen LogP contribution < -0.4 is 0 Å². The summed E-state index contributed by atoms with van der Waals surface area (Å²) in [5, 5.41) is 4.71. The van der Waals surface area contributed by atoms with Gasteiger partial charge in [0, 0.05) is 12.1 Å². The first kappa shape index (κ1) is 12.6. The molecule has 0 N–H and O–H groups in total. The summed E-state index contributed by atoms with van der Waals surface area (Å²) in [5.74, 6) is 0. The molecule has 0 aliphatic carbocycles. The van der Waals surface area contributed by atoms with Gasteiger partial charge in [-0.05, 0) is 43.5 Å². The SMILES string of the molecule is CC(C)(C)N1CCC(c2cccc3ccccc23)O1. The van der Waals surface area contributed by atoms with E-state index in [0.717, 1.165) is 13.0 Å². The van der Waals surface area contributed by atoms with Gasteiger partial charge < -0.3 is 0 Å². The van der Waals surface area contributed by atoms with Crippen LogP contribution in [0.15, 0.2) is 42.5 Å². The van der Waals surface area contributed by atoms with Gasteiger partial charge in [-0.1, -0.05) is 42.5 Å². The Hall–Kier alpha value is -1.38. The Morgan fingerprint density at radius 3 is 2.53 bits per heavy atom. The number of hydrogen-bond donors (Lipinski definition) is 0. The fourth-order valence-electron chi connectivity index (χ4n) is 2.73. The Morgan fingerprint density at radius 1 is 1.05 bits per heavy atom. The van der Waals surface area contributed by atoms with E-state index in [2.05, 4.69) is 68.3 Å². The minimum Gasteiger partial charge on any atom is -0.290 e. The second-order valence-corrected chi connectivity index (χ2v) is 6.22. The van der Waals surface area contributed by atoms with E-state index in [-0.39, 0.29) is 11.6 Å². The van der Waals surface area contributed by atoms with E-state index in [1.807, 2.05) is 0 Å². The molecule has 0 spiro atoms. The molecule has 0 bridgehead atoms. The smallest absolute Gasteiger partial charge is 0.106 e. The van der Waals surface area contributed by atoms with Gasteiger partial charge >= 0.3 is 0 Å². The maximum atomic E-state index is 6.15. The van der Waals surface area contributed by atoms with E-state index in [9.17, 15) is 0 Å². The van der Waals surface area contributed by atoms with E-state index < -0.39 is 0 Å². The molecule has 3 rings (SSSR count). The number of fused-ring (bicyclic) bond motifs is 1. The highest BCUT2D eigenvalue weighted by Crippen LogP contribution is 2.36. The van der Waals surface area contributed by atoms with Crippen molar-refractivity contribution in [2.24, 2.45) is 0 Å². The molecule has 1 saturated heterocycles. The number of hydrogen-bond acceptors (Lipinski definition) is 2. The molecule has 0 amide bonds. The fraction of sp³-hybridized carbons (Fsp3) is 0.412. The number of rotatable bonds is 1. The third-order valence-corrected chi connectivity index (χ3v) is 3.77. The van der Waals surface area contributed by atoms with Crippen LogP contribution >= 0.6 is 0 Å². The highest BCUT2D eigenvalue weighted by molar-refractivity contribution is 5.86. The molecule has 2 nitrogen and oxygen atoms in total. The van der Waals surface area contributed by atoms with Crippen LogP contribution in [0, 0.1) is 0 Å². The van der Waals surface area contributed by atoms with Crippen LogP contribution in [-0.4, -0.2) is 17.1 Å². The number of benzene rings is 2. The Bertz CT molecular complexity index is 580. The molecule has 0 radical (unpaired) electrons. The number of nitrogens with zero attached hydrogens (tertiary/aromatic N) is 1. The van der Waals surface area contributed by atoms with E-state index in [4.69, 9.17) is 4.84 Å². The monoisotopic (exact) mass is 255 g/mol. The first-order chi connectivity index (χ1) is 9.05. The zero-order valence-electron chi connectivity index (χ0n) is 11.9. The highest BCUT2D eigenvalue weighted by atomic mass is 16.7. The van der Waals surface area contributed by atoms with Gasteiger partial charge in [-0.25, -0.2) is 0 Å². The summed E-state index contributed by atoms with van der Waals surface area (Å²) >= 11 is 0. The summed E-state index contributed by atoms with van der Waals surface area (Å²) in [7, 11) is 0. The molecule has 1 aliphatic rings. The van der Waals surface area contributed by atoms with Crippen molar-refractivity contribution in [1.82, 2.24) is 5.06 Å². The summed E-state index contributed by atoms with van der Waals surface area (Å²) in [6.45, 7) is 7.58. The van der Waals surface area contributed by atoms with Crippen molar-refractivity contribution in [3.05, 3.63) is 48.0 Å². The third kappa shape index (κ3) is 2.38.